The number of thioether (sulfide) groups is 1. The summed E-state index contributed by atoms with van der Waals surface area (Å²) in [7, 11) is 0. The van der Waals surface area contributed by atoms with Gasteiger partial charge in [-0.2, -0.15) is 5.26 Å². The molecule has 0 radical (unpaired) electrons. The molecule has 1 N–H and O–H groups in total. The Balaban J connectivity index is 2.38. The van der Waals surface area contributed by atoms with Gasteiger partial charge in [0.15, 0.2) is 5.82 Å². The average molecular weight is 276 g/mol. The highest BCUT2D eigenvalue weighted by atomic mass is 35.5. The summed E-state index contributed by atoms with van der Waals surface area (Å²) in [5, 5.41) is 12.4. The monoisotopic (exact) mass is 275 g/mol. The van der Waals surface area contributed by atoms with Crippen LogP contribution in [-0.4, -0.2) is 11.2 Å². The maximum atomic E-state index is 8.92. The Hall–Kier alpha value is -1.70. The van der Waals surface area contributed by atoms with Crippen LogP contribution in [0.5, 0.6) is 0 Å². The van der Waals surface area contributed by atoms with E-state index in [0.29, 0.717) is 16.4 Å². The summed E-state index contributed by atoms with van der Waals surface area (Å²) < 4.78 is 0. The number of nitriles is 1. The molecule has 0 saturated carbocycles. The van der Waals surface area contributed by atoms with Gasteiger partial charge < -0.3 is 5.32 Å². The minimum atomic E-state index is 0.343. The molecule has 1 aromatic carbocycles. The Labute approximate surface area is 115 Å². The van der Waals surface area contributed by atoms with Crippen LogP contribution in [0.3, 0.4) is 0 Å². The summed E-state index contributed by atoms with van der Waals surface area (Å²) >= 11 is 7.73. The summed E-state index contributed by atoms with van der Waals surface area (Å²) in [4.78, 5) is 5.25. The third kappa shape index (κ3) is 2.58. The molecule has 0 amide bonds. The number of aromatic nitrogens is 1. The van der Waals surface area contributed by atoms with Gasteiger partial charge in [-0.05, 0) is 24.5 Å². The summed E-state index contributed by atoms with van der Waals surface area (Å²) in [6, 6.07) is 11.5. The second kappa shape index (κ2) is 5.76. The Morgan fingerprint density at radius 3 is 2.83 bits per heavy atom. The highest BCUT2D eigenvalue weighted by Crippen LogP contribution is 2.30. The SMILES string of the molecule is CSc1ccccc1Nc1nccc(C#N)c1Cl. The van der Waals surface area contributed by atoms with Crippen LogP contribution >= 0.6 is 23.4 Å². The minimum absolute atomic E-state index is 0.343. The Morgan fingerprint density at radius 2 is 2.11 bits per heavy atom. The van der Waals surface area contributed by atoms with Crippen LogP contribution in [0.4, 0.5) is 11.5 Å². The lowest BCUT2D eigenvalue weighted by atomic mass is 10.2. The van der Waals surface area contributed by atoms with Crippen molar-refractivity contribution in [3.8, 4) is 6.07 Å². The summed E-state index contributed by atoms with van der Waals surface area (Å²) in [5.74, 6) is 0.497. The van der Waals surface area contributed by atoms with Crippen LogP contribution in [0.25, 0.3) is 0 Å². The largest absolute Gasteiger partial charge is 0.338 e. The van der Waals surface area contributed by atoms with Crippen LogP contribution in [0, 0.1) is 11.3 Å². The van der Waals surface area contributed by atoms with E-state index in [1.54, 1.807) is 24.0 Å². The average Bonchev–Trinajstić information content (AvgIpc) is 2.42. The smallest absolute Gasteiger partial charge is 0.150 e. The van der Waals surface area contributed by atoms with E-state index in [0.717, 1.165) is 10.6 Å². The number of rotatable bonds is 3. The topological polar surface area (TPSA) is 48.7 Å². The molecule has 90 valence electrons. The fourth-order valence-electron chi connectivity index (χ4n) is 1.49. The van der Waals surface area contributed by atoms with Crippen LogP contribution in [0.15, 0.2) is 41.4 Å². The quantitative estimate of drug-likeness (QED) is 0.858. The first-order valence-corrected chi connectivity index (χ1v) is 6.81. The lowest BCUT2D eigenvalue weighted by Crippen LogP contribution is -1.97. The molecule has 18 heavy (non-hydrogen) atoms. The normalized spacial score (nSPS) is 9.83. The molecule has 5 heteroatoms. The van der Waals surface area contributed by atoms with Gasteiger partial charge in [0.2, 0.25) is 0 Å². The summed E-state index contributed by atoms with van der Waals surface area (Å²) in [6.07, 6.45) is 3.57. The molecule has 3 nitrogen and oxygen atoms in total. The van der Waals surface area contributed by atoms with Crippen molar-refractivity contribution >= 4 is 34.9 Å². The van der Waals surface area contributed by atoms with E-state index in [9.17, 15) is 0 Å². The fraction of sp³-hybridized carbons (Fsp3) is 0.0769. The van der Waals surface area contributed by atoms with Gasteiger partial charge in [-0.25, -0.2) is 4.98 Å². The Morgan fingerprint density at radius 1 is 1.33 bits per heavy atom. The first-order valence-electron chi connectivity index (χ1n) is 5.21. The number of nitrogens with zero attached hydrogens (tertiary/aromatic N) is 2. The molecule has 2 aromatic rings. The molecular formula is C13H10ClN3S. The lowest BCUT2D eigenvalue weighted by Gasteiger charge is -2.11. The molecule has 1 heterocycles. The number of benzene rings is 1. The molecule has 0 spiro atoms. The molecule has 0 atom stereocenters. The maximum absolute atomic E-state index is 8.92. The molecule has 0 fully saturated rings. The standard InChI is InChI=1S/C13H10ClN3S/c1-18-11-5-3-2-4-10(11)17-13-12(14)9(8-15)6-7-16-13/h2-7H,1H3,(H,16,17). The highest BCUT2D eigenvalue weighted by Gasteiger charge is 2.08. The van der Waals surface area contributed by atoms with Crippen molar-refractivity contribution in [3.05, 3.63) is 47.1 Å². The Kier molecular flexibility index (Phi) is 4.08. The van der Waals surface area contributed by atoms with Gasteiger partial charge in [0.25, 0.3) is 0 Å². The number of hydrogen-bond acceptors (Lipinski definition) is 4. The number of anilines is 2. The van der Waals surface area contributed by atoms with Gasteiger partial charge in [0, 0.05) is 11.1 Å². The molecular weight excluding hydrogens is 266 g/mol. The zero-order chi connectivity index (χ0) is 13.0. The molecule has 0 aliphatic carbocycles. The van der Waals surface area contributed by atoms with Crippen molar-refractivity contribution in [2.45, 2.75) is 4.90 Å². The molecule has 0 bridgehead atoms. The number of halogens is 1. The van der Waals surface area contributed by atoms with E-state index in [-0.39, 0.29) is 0 Å². The van der Waals surface area contributed by atoms with Crippen molar-refractivity contribution in [1.29, 1.82) is 5.26 Å². The van der Waals surface area contributed by atoms with Gasteiger partial charge in [-0.3, -0.25) is 0 Å². The zero-order valence-corrected chi connectivity index (χ0v) is 11.2. The number of para-hydroxylation sites is 1. The van der Waals surface area contributed by atoms with Crippen molar-refractivity contribution in [2.75, 3.05) is 11.6 Å². The van der Waals surface area contributed by atoms with Gasteiger partial charge in [0.1, 0.15) is 11.1 Å². The summed E-state index contributed by atoms with van der Waals surface area (Å²) in [6.45, 7) is 0. The fourth-order valence-corrected chi connectivity index (χ4v) is 2.25. The van der Waals surface area contributed by atoms with Crippen LogP contribution in [0.1, 0.15) is 5.56 Å². The van der Waals surface area contributed by atoms with E-state index in [1.165, 1.54) is 0 Å². The molecule has 0 aliphatic rings. The van der Waals surface area contributed by atoms with Crippen LogP contribution in [-0.2, 0) is 0 Å². The van der Waals surface area contributed by atoms with E-state index in [2.05, 4.69) is 10.3 Å². The molecule has 1 aromatic heterocycles. The van der Waals surface area contributed by atoms with E-state index in [1.807, 2.05) is 36.6 Å². The predicted molar refractivity (Wildman–Crippen MR) is 75.5 cm³/mol. The zero-order valence-electron chi connectivity index (χ0n) is 9.64. The first-order chi connectivity index (χ1) is 8.76. The van der Waals surface area contributed by atoms with Gasteiger partial charge in [-0.1, -0.05) is 23.7 Å². The second-order valence-corrected chi connectivity index (χ2v) is 4.68. The lowest BCUT2D eigenvalue weighted by molar-refractivity contribution is 1.28. The first kappa shape index (κ1) is 12.7. The minimum Gasteiger partial charge on any atom is -0.338 e. The predicted octanol–water partition coefficient (Wildman–Crippen LogP) is 4.07. The number of nitrogens with one attached hydrogen (secondary N) is 1. The second-order valence-electron chi connectivity index (χ2n) is 3.46. The van der Waals surface area contributed by atoms with Gasteiger partial charge >= 0.3 is 0 Å². The third-order valence-electron chi connectivity index (χ3n) is 2.37. The molecule has 0 saturated heterocycles. The van der Waals surface area contributed by atoms with Gasteiger partial charge in [0.05, 0.1) is 11.3 Å². The van der Waals surface area contributed by atoms with Gasteiger partial charge in [-0.15, -0.1) is 11.8 Å². The number of pyridine rings is 1. The Bertz CT molecular complexity index is 607. The third-order valence-corrected chi connectivity index (χ3v) is 3.55. The van der Waals surface area contributed by atoms with E-state index in [4.69, 9.17) is 16.9 Å². The molecule has 2 rings (SSSR count). The van der Waals surface area contributed by atoms with E-state index < -0.39 is 0 Å². The highest BCUT2D eigenvalue weighted by molar-refractivity contribution is 7.98. The van der Waals surface area contributed by atoms with E-state index >= 15 is 0 Å². The van der Waals surface area contributed by atoms with Crippen molar-refractivity contribution in [3.63, 3.8) is 0 Å². The van der Waals surface area contributed by atoms with Crippen molar-refractivity contribution in [2.24, 2.45) is 0 Å². The molecule has 0 unspecified atom stereocenters. The molecule has 0 aliphatic heterocycles. The van der Waals surface area contributed by atoms with Crippen LogP contribution < -0.4 is 5.32 Å². The van der Waals surface area contributed by atoms with Crippen molar-refractivity contribution < 1.29 is 0 Å². The van der Waals surface area contributed by atoms with Crippen LogP contribution in [0.2, 0.25) is 5.02 Å². The maximum Gasteiger partial charge on any atom is 0.150 e. The number of hydrogen-bond donors (Lipinski definition) is 1. The summed E-state index contributed by atoms with van der Waals surface area (Å²) in [5.41, 5.74) is 1.34. The van der Waals surface area contributed by atoms with Crippen molar-refractivity contribution in [1.82, 2.24) is 4.98 Å².